The molecule has 11 heteroatoms. The Morgan fingerprint density at radius 2 is 2.02 bits per heavy atom. The molecule has 2 saturated carbocycles. The van der Waals surface area contributed by atoms with Crippen molar-refractivity contribution in [3.8, 4) is 6.07 Å². The second-order valence-electron chi connectivity index (χ2n) is 13.7. The Morgan fingerprint density at radius 3 is 2.77 bits per heavy atom. The Labute approximate surface area is 261 Å². The van der Waals surface area contributed by atoms with Gasteiger partial charge in [0.1, 0.15) is 0 Å². The van der Waals surface area contributed by atoms with Gasteiger partial charge in [0, 0.05) is 38.7 Å². The number of nitrogens with one attached hydrogen (secondary N) is 2. The minimum absolute atomic E-state index is 0.0798. The topological polar surface area (TPSA) is 110 Å². The van der Waals surface area contributed by atoms with Crippen molar-refractivity contribution < 1.29 is 19.1 Å². The zero-order chi connectivity index (χ0) is 30.1. The standard InChI is InChI=1S/C32H50N6O4S/c1-4-27(39)38-16-15-37(18-22(38)11-13-33)30-24-10-12-32(17-25-21(20-43-32)7-5-9-26(25)41-3)29(40)28(24)34-31(35-30)42-19-23-8-6-14-36(23)2/h4,21-26,28,30-31,34-35H,1,5-12,14-20H2,2-3H3/t21?,22?,23?,24?,25?,26?,28?,30?,31?,32-/m0/s1. The van der Waals surface area contributed by atoms with Gasteiger partial charge in [0.25, 0.3) is 0 Å². The van der Waals surface area contributed by atoms with Crippen LogP contribution in [0.1, 0.15) is 57.8 Å². The molecule has 0 aromatic rings. The third kappa shape index (κ3) is 6.18. The predicted molar refractivity (Wildman–Crippen MR) is 166 cm³/mol. The molecule has 6 aliphatic rings. The first-order chi connectivity index (χ1) is 20.9. The van der Waals surface area contributed by atoms with Crippen LogP contribution in [0, 0.1) is 29.1 Å². The lowest BCUT2D eigenvalue weighted by molar-refractivity contribution is -0.146. The van der Waals surface area contributed by atoms with Crippen molar-refractivity contribution in [1.29, 1.82) is 5.26 Å². The highest BCUT2D eigenvalue weighted by atomic mass is 32.2. The van der Waals surface area contributed by atoms with Gasteiger partial charge in [0.15, 0.2) is 12.1 Å². The zero-order valence-corrected chi connectivity index (χ0v) is 26.7. The first-order valence-corrected chi connectivity index (χ1v) is 17.4. The first-order valence-electron chi connectivity index (χ1n) is 16.5. The average molecular weight is 615 g/mol. The number of carbonyl (C=O) groups is 2. The number of Topliss-reactive ketones (excluding diaryl/α,β-unsaturated/α-hetero) is 1. The molecule has 9 unspecified atom stereocenters. The summed E-state index contributed by atoms with van der Waals surface area (Å²) >= 11 is 1.92. The van der Waals surface area contributed by atoms with Crippen LogP contribution < -0.4 is 10.6 Å². The number of nitrogens with zero attached hydrogens (tertiary/aromatic N) is 4. The molecule has 0 bridgehead atoms. The van der Waals surface area contributed by atoms with Gasteiger partial charge in [-0.1, -0.05) is 13.0 Å². The fraction of sp³-hybridized carbons (Fsp3) is 0.844. The van der Waals surface area contributed by atoms with Crippen LogP contribution in [0.25, 0.3) is 0 Å². The van der Waals surface area contributed by atoms with Crippen LogP contribution in [0.2, 0.25) is 0 Å². The van der Waals surface area contributed by atoms with Crippen molar-refractivity contribution in [3.05, 3.63) is 12.7 Å². The minimum atomic E-state index is -0.440. The maximum Gasteiger partial charge on any atom is 0.246 e. The molecule has 43 heavy (non-hydrogen) atoms. The molecule has 4 saturated heterocycles. The molecule has 6 fully saturated rings. The number of nitriles is 1. The van der Waals surface area contributed by atoms with Crippen LogP contribution in [0.5, 0.6) is 0 Å². The molecule has 10 atom stereocenters. The Balaban J connectivity index is 1.23. The second kappa shape index (κ2) is 13.5. The molecular formula is C32H50N6O4S. The van der Waals surface area contributed by atoms with Gasteiger partial charge in [-0.15, -0.1) is 11.8 Å². The molecular weight excluding hydrogens is 564 g/mol. The second-order valence-corrected chi connectivity index (χ2v) is 15.1. The van der Waals surface area contributed by atoms with E-state index in [-0.39, 0.29) is 47.3 Å². The maximum atomic E-state index is 14.7. The summed E-state index contributed by atoms with van der Waals surface area (Å²) in [4.78, 5) is 33.8. The largest absolute Gasteiger partial charge is 0.381 e. The first kappa shape index (κ1) is 31.5. The number of piperazine rings is 1. The van der Waals surface area contributed by atoms with E-state index in [4.69, 9.17) is 9.47 Å². The van der Waals surface area contributed by atoms with Crippen LogP contribution in [0.3, 0.4) is 0 Å². The smallest absolute Gasteiger partial charge is 0.246 e. The summed E-state index contributed by atoms with van der Waals surface area (Å²) in [6.07, 6.45) is 9.93. The zero-order valence-electron chi connectivity index (χ0n) is 25.9. The highest BCUT2D eigenvalue weighted by Crippen LogP contribution is 2.54. The summed E-state index contributed by atoms with van der Waals surface area (Å²) in [6.45, 7) is 7.16. The molecule has 238 valence electrons. The van der Waals surface area contributed by atoms with Gasteiger partial charge in [-0.2, -0.15) is 5.26 Å². The monoisotopic (exact) mass is 614 g/mol. The lowest BCUT2D eigenvalue weighted by Crippen LogP contribution is -2.75. The van der Waals surface area contributed by atoms with Crippen LogP contribution in [0.4, 0.5) is 0 Å². The molecule has 2 aliphatic carbocycles. The van der Waals surface area contributed by atoms with Crippen LogP contribution in [-0.4, -0.2) is 121 Å². The van der Waals surface area contributed by atoms with E-state index in [9.17, 15) is 14.9 Å². The maximum absolute atomic E-state index is 14.7. The number of methoxy groups -OCH3 is 1. The molecule has 10 nitrogen and oxygen atoms in total. The Morgan fingerprint density at radius 1 is 1.16 bits per heavy atom. The fourth-order valence-corrected chi connectivity index (χ4v) is 10.8. The summed E-state index contributed by atoms with van der Waals surface area (Å²) in [5.41, 5.74) is 0. The number of ketones is 1. The van der Waals surface area contributed by atoms with Gasteiger partial charge in [0.2, 0.25) is 5.91 Å². The minimum Gasteiger partial charge on any atom is -0.381 e. The summed E-state index contributed by atoms with van der Waals surface area (Å²) in [7, 11) is 3.99. The summed E-state index contributed by atoms with van der Waals surface area (Å²) in [6, 6.07) is 2.15. The number of hydrogen-bond donors (Lipinski definition) is 2. The van der Waals surface area contributed by atoms with Crippen LogP contribution in [0.15, 0.2) is 12.7 Å². The number of rotatable bonds is 7. The van der Waals surface area contributed by atoms with E-state index >= 15 is 0 Å². The molecule has 6 rings (SSSR count). The van der Waals surface area contributed by atoms with E-state index in [0.29, 0.717) is 49.9 Å². The van der Waals surface area contributed by atoms with E-state index < -0.39 is 6.35 Å². The molecule has 4 aliphatic heterocycles. The van der Waals surface area contributed by atoms with Crippen molar-refractivity contribution in [2.45, 2.75) is 99.3 Å². The number of fused-ring (bicyclic) bond motifs is 2. The molecule has 1 amide bonds. The van der Waals surface area contributed by atoms with Crippen LogP contribution >= 0.6 is 11.8 Å². The number of likely N-dealkylation sites (N-methyl/N-ethyl adjacent to an activating group) is 1. The van der Waals surface area contributed by atoms with E-state index in [1.54, 1.807) is 4.90 Å². The number of amides is 1. The Hall–Kier alpha value is -1.52. The molecule has 2 N–H and O–H groups in total. The molecule has 1 spiro atoms. The van der Waals surface area contributed by atoms with Gasteiger partial charge in [-0.3, -0.25) is 25.1 Å². The molecule has 0 aromatic carbocycles. The quantitative estimate of drug-likeness (QED) is 0.414. The predicted octanol–water partition coefficient (Wildman–Crippen LogP) is 2.17. The van der Waals surface area contributed by atoms with Crippen molar-refractivity contribution >= 4 is 23.5 Å². The average Bonchev–Trinajstić information content (AvgIpc) is 3.45. The fourth-order valence-electron chi connectivity index (χ4n) is 9.05. The third-order valence-electron chi connectivity index (χ3n) is 11.5. The molecule has 4 heterocycles. The third-order valence-corrected chi connectivity index (χ3v) is 13.2. The normalized spacial score (nSPS) is 42.3. The molecule has 0 radical (unpaired) electrons. The van der Waals surface area contributed by atoms with Gasteiger partial charge < -0.3 is 19.3 Å². The van der Waals surface area contributed by atoms with Crippen molar-refractivity contribution in [2.75, 3.05) is 52.7 Å². The SMILES string of the molecule is C=CC(=O)N1CCN(C2NC(OCC3CCCN3C)NC3C(=O)[C@]4(CCC32)CC2C(CCCC2OC)CS4)CC1CC#N. The lowest BCUT2D eigenvalue weighted by Gasteiger charge is -2.56. The van der Waals surface area contributed by atoms with Gasteiger partial charge in [-0.05, 0) is 82.2 Å². The highest BCUT2D eigenvalue weighted by molar-refractivity contribution is 8.01. The van der Waals surface area contributed by atoms with E-state index in [0.717, 1.165) is 44.4 Å². The molecule has 0 aromatic heterocycles. The Kier molecular flexibility index (Phi) is 9.84. The number of likely N-dealkylation sites (tertiary alicyclic amines) is 1. The van der Waals surface area contributed by atoms with Crippen molar-refractivity contribution in [2.24, 2.45) is 17.8 Å². The van der Waals surface area contributed by atoms with Gasteiger partial charge in [-0.25, -0.2) is 0 Å². The van der Waals surface area contributed by atoms with Crippen molar-refractivity contribution in [3.63, 3.8) is 0 Å². The summed E-state index contributed by atoms with van der Waals surface area (Å²) in [5.74, 6) is 2.42. The Bertz CT molecular complexity index is 1080. The number of hydrogen-bond acceptors (Lipinski definition) is 10. The van der Waals surface area contributed by atoms with E-state index in [1.165, 1.54) is 25.3 Å². The van der Waals surface area contributed by atoms with E-state index in [2.05, 4.69) is 40.1 Å². The number of carbonyl (C=O) groups excluding carboxylic acids is 2. The summed E-state index contributed by atoms with van der Waals surface area (Å²) < 4.78 is 12.1. The highest BCUT2D eigenvalue weighted by Gasteiger charge is 2.58. The van der Waals surface area contributed by atoms with Gasteiger partial charge in [0.05, 0.1) is 48.2 Å². The number of ether oxygens (including phenoxy) is 2. The summed E-state index contributed by atoms with van der Waals surface area (Å²) in [5, 5.41) is 17.0. The number of thioether (sulfide) groups is 1. The van der Waals surface area contributed by atoms with Crippen LogP contribution in [-0.2, 0) is 19.1 Å². The lowest BCUT2D eigenvalue weighted by atomic mass is 9.66. The van der Waals surface area contributed by atoms with Crippen molar-refractivity contribution in [1.82, 2.24) is 25.3 Å². The van der Waals surface area contributed by atoms with Gasteiger partial charge >= 0.3 is 0 Å². The van der Waals surface area contributed by atoms with E-state index in [1.807, 2.05) is 18.9 Å².